The Morgan fingerprint density at radius 1 is 0.554 bits per heavy atom. The van der Waals surface area contributed by atoms with E-state index in [1.54, 1.807) is 14.2 Å². The Hall–Kier alpha value is -3.38. The molecule has 0 saturated carbocycles. The molecule has 5 unspecified atom stereocenters. The number of hydrogen-bond donors (Lipinski definition) is 0. The van der Waals surface area contributed by atoms with Gasteiger partial charge in [-0.15, -0.1) is 0 Å². The van der Waals surface area contributed by atoms with E-state index >= 15 is 0 Å². The van der Waals surface area contributed by atoms with Crippen LogP contribution in [-0.4, -0.2) is 103 Å². The monoisotopic (exact) mass is 1080 g/mol. The fourth-order valence-electron chi connectivity index (χ4n) is 11.3. The summed E-state index contributed by atoms with van der Waals surface area (Å²) in [4.78, 5) is 13.3. The topological polar surface area (TPSA) is 81.7 Å². The summed E-state index contributed by atoms with van der Waals surface area (Å²) < 4.78 is 50.0. The molecular weight excluding hydrogens is 985 g/mol. The summed E-state index contributed by atoms with van der Waals surface area (Å²) in [6, 6.07) is 46.0. The first-order valence-electron chi connectivity index (χ1n) is 27.3. The van der Waals surface area contributed by atoms with E-state index in [9.17, 15) is 4.79 Å². The van der Waals surface area contributed by atoms with Crippen molar-refractivity contribution in [1.29, 1.82) is 0 Å². The minimum absolute atomic E-state index is 0.00992. The van der Waals surface area contributed by atoms with Gasteiger partial charge in [0.15, 0.2) is 14.6 Å². The largest absolute Gasteiger partial charge is 0.407 e. The fourth-order valence-corrected chi connectivity index (χ4v) is 26.4. The molecule has 0 N–H and O–H groups in total. The zero-order valence-electron chi connectivity index (χ0n) is 48.5. The van der Waals surface area contributed by atoms with Crippen molar-refractivity contribution < 1.29 is 37.0 Å². The third kappa shape index (κ3) is 13.1. The molecule has 0 bridgehead atoms. The van der Waals surface area contributed by atoms with Gasteiger partial charge in [-0.2, -0.15) is 0 Å². The number of hydrogen-bond acceptors (Lipinski definition) is 8. The molecule has 1 heterocycles. The highest BCUT2D eigenvalue weighted by molar-refractivity contribution is 7.00. The summed E-state index contributed by atoms with van der Waals surface area (Å²) in [5.41, 5.74) is -0.00992. The van der Waals surface area contributed by atoms with E-state index in [-0.39, 0.29) is 20.7 Å². The highest BCUT2D eigenvalue weighted by Gasteiger charge is 2.58. The van der Waals surface area contributed by atoms with Crippen LogP contribution in [0.3, 0.4) is 0 Å². The Balaban J connectivity index is 1.67. The summed E-state index contributed by atoms with van der Waals surface area (Å²) in [5.74, 6) is 0. The number of rotatable bonds is 24. The Bertz CT molecular complexity index is 2270. The molecule has 0 aromatic heterocycles. The molecule has 1 saturated heterocycles. The van der Waals surface area contributed by atoms with Gasteiger partial charge in [-0.25, -0.2) is 0 Å². The first kappa shape index (κ1) is 61.5. The number of aldehydes is 1. The molecule has 0 spiro atoms. The average Bonchev–Trinajstić information content (AvgIpc) is 3.37. The minimum Gasteiger partial charge on any atom is -0.407 e. The lowest BCUT2D eigenvalue weighted by molar-refractivity contribution is -0.311. The van der Waals surface area contributed by atoms with Crippen LogP contribution in [0.2, 0.25) is 51.9 Å². The Labute approximate surface area is 452 Å². The van der Waals surface area contributed by atoms with E-state index in [1.165, 1.54) is 10.4 Å². The van der Waals surface area contributed by atoms with Gasteiger partial charge in [0.25, 0.3) is 16.6 Å². The van der Waals surface area contributed by atoms with Crippen LogP contribution in [0.15, 0.2) is 146 Å². The molecule has 0 amide bonds. The standard InChI is InChI=1S/C62H94O8Si4/c1-19-72(20-2,21-3)55(54(46-63)68-71(17,18)60(6,7)8)45-35-34-44-53(69-73(61(9,10)11,49-36-26-22-27-37-49)50-38-28-23-29-39-50)47(4)66-59-58(65-16)57(56(64-15)48(5)67-59)70-74(62(12,13)14,51-40-30-24-31-41-51)52-42-32-25-33-43-52/h22-48,53-59H,19-21H2,1-18H3/b44-34+,45-35+/t47-,48?,53-,54-,55-,56?,57?,58?,59?/m0/s1. The first-order chi connectivity index (χ1) is 34.9. The van der Waals surface area contributed by atoms with Crippen LogP contribution in [0, 0.1) is 0 Å². The number of benzene rings is 4. The Morgan fingerprint density at radius 3 is 1.32 bits per heavy atom. The predicted molar refractivity (Wildman–Crippen MR) is 319 cm³/mol. The summed E-state index contributed by atoms with van der Waals surface area (Å²) >= 11 is 0. The molecule has 4 aromatic carbocycles. The van der Waals surface area contributed by atoms with Crippen molar-refractivity contribution in [3.8, 4) is 0 Å². The summed E-state index contributed by atoms with van der Waals surface area (Å²) in [6.07, 6.45) is 5.10. The van der Waals surface area contributed by atoms with Gasteiger partial charge in [0.2, 0.25) is 0 Å². The van der Waals surface area contributed by atoms with Crippen LogP contribution in [0.4, 0.5) is 0 Å². The van der Waals surface area contributed by atoms with Crippen molar-refractivity contribution in [2.75, 3.05) is 14.2 Å². The van der Waals surface area contributed by atoms with Crippen molar-refractivity contribution in [3.05, 3.63) is 146 Å². The third-order valence-corrected chi connectivity index (χ3v) is 37.5. The molecule has 1 aliphatic rings. The van der Waals surface area contributed by atoms with Gasteiger partial charge in [0, 0.05) is 19.8 Å². The molecule has 5 rings (SSSR count). The number of methoxy groups -OCH3 is 2. The van der Waals surface area contributed by atoms with E-state index in [4.69, 9.17) is 32.2 Å². The van der Waals surface area contributed by atoms with Crippen molar-refractivity contribution in [3.63, 3.8) is 0 Å². The molecule has 1 fully saturated rings. The van der Waals surface area contributed by atoms with Crippen LogP contribution in [0.1, 0.15) is 96.9 Å². The number of ether oxygens (including phenoxy) is 4. The van der Waals surface area contributed by atoms with Gasteiger partial charge in [0.05, 0.1) is 26.4 Å². The molecule has 406 valence electrons. The average molecular weight is 1080 g/mol. The van der Waals surface area contributed by atoms with Crippen molar-refractivity contribution >= 4 is 60.1 Å². The highest BCUT2D eigenvalue weighted by atomic mass is 28.4. The van der Waals surface area contributed by atoms with Crippen LogP contribution in [-0.2, 0) is 37.0 Å². The molecule has 4 aromatic rings. The number of carbonyl (C=O) groups is 1. The maximum absolute atomic E-state index is 13.3. The quantitative estimate of drug-likeness (QED) is 0.0390. The molecule has 8 nitrogen and oxygen atoms in total. The van der Waals surface area contributed by atoms with Gasteiger partial charge in [-0.3, -0.25) is 0 Å². The van der Waals surface area contributed by atoms with Crippen LogP contribution in [0.25, 0.3) is 0 Å². The van der Waals surface area contributed by atoms with Crippen LogP contribution < -0.4 is 20.7 Å². The van der Waals surface area contributed by atoms with Crippen LogP contribution in [0.5, 0.6) is 0 Å². The molecule has 9 atom stereocenters. The summed E-state index contributed by atoms with van der Waals surface area (Å²) in [7, 11) is -7.16. The van der Waals surface area contributed by atoms with Crippen molar-refractivity contribution in [1.82, 2.24) is 0 Å². The molecule has 0 aliphatic carbocycles. The van der Waals surface area contributed by atoms with Crippen LogP contribution >= 0.6 is 0 Å². The van der Waals surface area contributed by atoms with Crippen molar-refractivity contribution in [2.24, 2.45) is 0 Å². The lowest BCUT2D eigenvalue weighted by atomic mass is 9.99. The lowest BCUT2D eigenvalue weighted by Crippen LogP contribution is -2.72. The molecule has 12 heteroatoms. The molecule has 74 heavy (non-hydrogen) atoms. The van der Waals surface area contributed by atoms with Crippen molar-refractivity contribution in [2.45, 2.75) is 198 Å². The van der Waals surface area contributed by atoms with E-state index in [0.717, 1.165) is 34.8 Å². The highest BCUT2D eigenvalue weighted by Crippen LogP contribution is 2.45. The number of carbonyl (C=O) groups excluding carboxylic acids is 1. The SMILES string of the molecule is CC[Si](CC)(CC)[C@@H](/C=C/C=C/[C@H](O[Si](c1ccccc1)(c1ccccc1)C(C)(C)C)[C@H](C)OC1OC(C)C(OC)C(O[Si](c2ccccc2)(c2ccccc2)C(C)(C)C)C1OC)[C@H](C=O)O[Si](C)(C)C(C)(C)C. The zero-order chi connectivity index (χ0) is 54.8. The van der Waals surface area contributed by atoms with E-state index in [0.29, 0.717) is 0 Å². The van der Waals surface area contributed by atoms with Gasteiger partial charge >= 0.3 is 0 Å². The summed E-state index contributed by atoms with van der Waals surface area (Å²) in [6.45, 7) is 36.0. The molecular formula is C62H94O8Si4. The fraction of sp³-hybridized carbons (Fsp3) is 0.532. The van der Waals surface area contributed by atoms with E-state index < -0.39 is 82.0 Å². The normalized spacial score (nSPS) is 21.4. The Morgan fingerprint density at radius 2 is 0.959 bits per heavy atom. The first-order valence-corrected chi connectivity index (χ1v) is 36.7. The summed E-state index contributed by atoms with van der Waals surface area (Å²) in [5, 5.41) is 3.99. The molecule has 1 aliphatic heterocycles. The maximum atomic E-state index is 13.3. The van der Waals surface area contributed by atoms with E-state index in [1.807, 2.05) is 6.92 Å². The van der Waals surface area contributed by atoms with Gasteiger partial charge in [-0.1, -0.05) is 247 Å². The smallest absolute Gasteiger partial charge is 0.262 e. The maximum Gasteiger partial charge on any atom is 0.262 e. The minimum atomic E-state index is -3.16. The van der Waals surface area contributed by atoms with Gasteiger partial charge in [0.1, 0.15) is 30.7 Å². The number of allylic oxidation sites excluding steroid dienone is 2. The third-order valence-electron chi connectivity index (χ3n) is 16.8. The van der Waals surface area contributed by atoms with Gasteiger partial charge < -0.3 is 37.0 Å². The predicted octanol–water partition coefficient (Wildman–Crippen LogP) is 12.6. The second-order valence-corrected chi connectivity index (χ2v) is 42.9. The van der Waals surface area contributed by atoms with E-state index in [2.05, 4.69) is 249 Å². The second-order valence-electron chi connectivity index (χ2n) is 24.1. The lowest BCUT2D eigenvalue weighted by Gasteiger charge is -2.51. The second kappa shape index (κ2) is 25.8. The zero-order valence-corrected chi connectivity index (χ0v) is 52.5. The van der Waals surface area contributed by atoms with Gasteiger partial charge in [-0.05, 0) is 62.8 Å². The molecule has 0 radical (unpaired) electrons. The Kier molecular flexibility index (Phi) is 21.5.